The summed E-state index contributed by atoms with van der Waals surface area (Å²) in [4.78, 5) is 0. The van der Waals surface area contributed by atoms with E-state index >= 15 is 0 Å². The molecular formula is C36H60Cr. The number of hydrogen-bond acceptors (Lipinski definition) is 0. The van der Waals surface area contributed by atoms with Crippen LogP contribution >= 0.6 is 0 Å². The predicted octanol–water partition coefficient (Wildman–Crippen LogP) is 10.6. The second kappa shape index (κ2) is 12.6. The predicted molar refractivity (Wildman–Crippen MR) is 156 cm³/mol. The van der Waals surface area contributed by atoms with Crippen LogP contribution in [-0.4, -0.2) is 0 Å². The Hall–Kier alpha value is 0.532. The first kappa shape index (κ1) is 30.5. The zero-order chi connectivity index (χ0) is 25.7. The van der Waals surface area contributed by atoms with Crippen LogP contribution in [0.25, 0.3) is 0 Å². The van der Waals surface area contributed by atoms with Gasteiger partial charge in [-0.05, 0) is 0 Å². The van der Waals surface area contributed by atoms with Crippen LogP contribution in [0.1, 0.15) is 132 Å². The Morgan fingerprint density at radius 3 is 0.622 bits per heavy atom. The third-order valence-electron chi connectivity index (χ3n) is 14.1. The molecule has 8 fully saturated rings. The van der Waals surface area contributed by atoms with E-state index < -0.39 is 0 Å². The van der Waals surface area contributed by atoms with Crippen LogP contribution in [-0.2, 0) is 17.4 Å². The summed E-state index contributed by atoms with van der Waals surface area (Å²) < 4.78 is 0. The third-order valence-corrected chi connectivity index (χ3v) is 14.1. The smallest absolute Gasteiger partial charge is 0.310 e. The first-order chi connectivity index (χ1) is 17.2. The van der Waals surface area contributed by atoms with Gasteiger partial charge < -0.3 is 23.7 Å². The maximum Gasteiger partial charge on any atom is 4.00 e. The fraction of sp³-hybridized carbons (Fsp3) is 0.889. The van der Waals surface area contributed by atoms with Gasteiger partial charge in [-0.1, -0.05) is 128 Å². The average molecular weight is 545 g/mol. The quantitative estimate of drug-likeness (QED) is 0.266. The van der Waals surface area contributed by atoms with E-state index in [4.69, 9.17) is 0 Å². The normalized spacial score (nSPS) is 49.3. The van der Waals surface area contributed by atoms with Crippen molar-refractivity contribution in [3.63, 3.8) is 0 Å². The molecule has 37 heavy (non-hydrogen) atoms. The molecule has 0 amide bonds. The van der Waals surface area contributed by atoms with Crippen LogP contribution in [0, 0.1) is 94.7 Å². The summed E-state index contributed by atoms with van der Waals surface area (Å²) in [6.45, 7) is 19.3. The van der Waals surface area contributed by atoms with Crippen molar-refractivity contribution in [1.29, 1.82) is 0 Å². The van der Waals surface area contributed by atoms with Gasteiger partial charge >= 0.3 is 17.4 Å². The molecule has 0 saturated heterocycles. The first-order valence-electron chi connectivity index (χ1n) is 16.5. The molecule has 0 nitrogen and oxygen atoms in total. The Morgan fingerprint density at radius 1 is 0.351 bits per heavy atom. The summed E-state index contributed by atoms with van der Waals surface area (Å²) in [5.74, 6) is 19.7. The van der Waals surface area contributed by atoms with Gasteiger partial charge in [-0.25, -0.2) is 0 Å². The third kappa shape index (κ3) is 6.10. The van der Waals surface area contributed by atoms with Gasteiger partial charge in [-0.15, -0.1) is 0 Å². The molecule has 0 N–H and O–H groups in total. The van der Waals surface area contributed by atoms with Gasteiger partial charge in [0.25, 0.3) is 0 Å². The van der Waals surface area contributed by atoms with E-state index in [2.05, 4.69) is 55.4 Å². The van der Waals surface area contributed by atoms with Crippen molar-refractivity contribution in [2.24, 2.45) is 71.0 Å². The van der Waals surface area contributed by atoms with Crippen LogP contribution in [0.3, 0.4) is 0 Å². The molecular weight excluding hydrogens is 484 g/mol. The van der Waals surface area contributed by atoms with Crippen molar-refractivity contribution < 1.29 is 17.4 Å². The van der Waals surface area contributed by atoms with E-state index in [-0.39, 0.29) is 17.4 Å². The molecule has 12 atom stereocenters. The Morgan fingerprint density at radius 2 is 0.541 bits per heavy atom. The van der Waals surface area contributed by atoms with Gasteiger partial charge in [0, 0.05) is 0 Å². The van der Waals surface area contributed by atoms with Crippen LogP contribution in [0.5, 0.6) is 0 Å². The van der Waals surface area contributed by atoms with Crippen molar-refractivity contribution in [3.05, 3.63) is 23.7 Å². The molecule has 8 saturated carbocycles. The van der Waals surface area contributed by atoms with Crippen molar-refractivity contribution in [2.45, 2.75) is 132 Å². The van der Waals surface area contributed by atoms with Crippen LogP contribution in [0.4, 0.5) is 0 Å². The van der Waals surface area contributed by atoms with E-state index in [1.54, 1.807) is 0 Å². The van der Waals surface area contributed by atoms with Crippen LogP contribution < -0.4 is 0 Å². The monoisotopic (exact) mass is 544 g/mol. The second-order valence-electron chi connectivity index (χ2n) is 15.2. The Kier molecular flexibility index (Phi) is 10.4. The molecule has 0 aromatic carbocycles. The molecule has 8 rings (SSSR count). The maximum absolute atomic E-state index is 2.42. The van der Waals surface area contributed by atoms with Crippen molar-refractivity contribution in [2.75, 3.05) is 0 Å². The van der Waals surface area contributed by atoms with E-state index in [9.17, 15) is 0 Å². The van der Waals surface area contributed by atoms with E-state index in [1.165, 1.54) is 77.0 Å². The molecule has 210 valence electrons. The Balaban J connectivity index is 0.000000114. The number of rotatable bonds is 0. The SMILES string of the molecule is CC1[C-]2CCC(C2)C1C.CC1[C-]2CCC(C2)C1C.CC1[C-]2CCC(C2)C1C.CC1[C-]2CCC(C2)C1C.[Cr+4]. The Bertz CT molecular complexity index is 523. The van der Waals surface area contributed by atoms with E-state index in [0.29, 0.717) is 0 Å². The molecule has 1 heteroatoms. The van der Waals surface area contributed by atoms with Gasteiger partial charge in [0.1, 0.15) is 0 Å². The summed E-state index contributed by atoms with van der Waals surface area (Å²) in [5, 5.41) is 0. The number of hydrogen-bond donors (Lipinski definition) is 0. The summed E-state index contributed by atoms with van der Waals surface area (Å²) in [5.41, 5.74) is 0. The summed E-state index contributed by atoms with van der Waals surface area (Å²) >= 11 is 0. The summed E-state index contributed by atoms with van der Waals surface area (Å²) in [7, 11) is 0. The molecule has 0 heterocycles. The van der Waals surface area contributed by atoms with Gasteiger partial charge in [-0.3, -0.25) is 0 Å². The van der Waals surface area contributed by atoms with Crippen LogP contribution in [0.2, 0.25) is 0 Å². The molecule has 12 unspecified atom stereocenters. The molecule has 8 aliphatic rings. The van der Waals surface area contributed by atoms with Gasteiger partial charge in [0.15, 0.2) is 0 Å². The average Bonchev–Trinajstić information content (AvgIpc) is 3.72. The standard InChI is InChI=1S/4C9H15.Cr/c4*1-6-7(2)9-4-3-8(6)5-9;/h4*6-8H,3-5H2,1-2H3;/q4*-1;+4. The molecule has 0 spiro atoms. The Labute approximate surface area is 243 Å². The molecule has 8 aliphatic carbocycles. The minimum Gasteiger partial charge on any atom is -0.310 e. The maximum atomic E-state index is 2.42. The van der Waals surface area contributed by atoms with E-state index in [1.807, 2.05) is 23.7 Å². The van der Waals surface area contributed by atoms with Crippen molar-refractivity contribution >= 4 is 0 Å². The van der Waals surface area contributed by atoms with Gasteiger partial charge in [0.05, 0.1) is 0 Å². The molecule has 8 bridgehead atoms. The van der Waals surface area contributed by atoms with Crippen molar-refractivity contribution in [1.82, 2.24) is 0 Å². The fourth-order valence-corrected chi connectivity index (χ4v) is 10.2. The summed E-state index contributed by atoms with van der Waals surface area (Å²) in [6.07, 6.45) is 17.7. The molecule has 0 radical (unpaired) electrons. The van der Waals surface area contributed by atoms with Crippen molar-refractivity contribution in [3.8, 4) is 0 Å². The largest absolute Gasteiger partial charge is 4.00 e. The number of fused-ring (bicyclic) bond motifs is 8. The topological polar surface area (TPSA) is 0 Å². The minimum atomic E-state index is 0. The zero-order valence-corrected chi connectivity index (χ0v) is 27.1. The fourth-order valence-electron chi connectivity index (χ4n) is 10.2. The molecule has 0 aromatic rings. The van der Waals surface area contributed by atoms with E-state index in [0.717, 1.165) is 71.0 Å². The van der Waals surface area contributed by atoms with Crippen LogP contribution in [0.15, 0.2) is 0 Å². The molecule has 0 aromatic heterocycles. The molecule has 0 aliphatic heterocycles. The van der Waals surface area contributed by atoms with Gasteiger partial charge in [-0.2, -0.15) is 75.0 Å². The van der Waals surface area contributed by atoms with Gasteiger partial charge in [0.2, 0.25) is 0 Å². The first-order valence-corrected chi connectivity index (χ1v) is 16.5. The minimum absolute atomic E-state index is 0. The zero-order valence-electron chi connectivity index (χ0n) is 25.8. The second-order valence-corrected chi connectivity index (χ2v) is 15.2. The summed E-state index contributed by atoms with van der Waals surface area (Å²) in [6, 6.07) is 0.